The van der Waals surface area contributed by atoms with Gasteiger partial charge in [0.1, 0.15) is 0 Å². The van der Waals surface area contributed by atoms with Gasteiger partial charge >= 0.3 is 30.1 Å². The van der Waals surface area contributed by atoms with E-state index in [1.807, 2.05) is 0 Å². The van der Waals surface area contributed by atoms with Gasteiger partial charge in [-0.3, -0.25) is 10.1 Å². The number of amides is 1. The second-order valence-electron chi connectivity index (χ2n) is 4.51. The van der Waals surface area contributed by atoms with Crippen LogP contribution in [0.2, 0.25) is 0 Å². The molecule has 1 N–H and O–H groups in total. The van der Waals surface area contributed by atoms with Gasteiger partial charge in [-0.1, -0.05) is 23.5 Å². The molecule has 0 aliphatic rings. The molecular weight excluding hydrogens is 372 g/mol. The first-order valence-electron chi connectivity index (χ1n) is 6.00. The highest BCUT2D eigenvalue weighted by Crippen LogP contribution is 2.49. The van der Waals surface area contributed by atoms with E-state index in [4.69, 9.17) is 0 Å². The molecule has 1 aromatic carbocycles. The molecule has 12 heteroatoms. The zero-order chi connectivity index (χ0) is 18.3. The van der Waals surface area contributed by atoms with Crippen LogP contribution in [0.25, 0.3) is 10.2 Å². The Morgan fingerprint density at radius 2 is 1.67 bits per heavy atom. The minimum Gasteiger partial charge on any atom is -0.296 e. The summed E-state index contributed by atoms with van der Waals surface area (Å²) in [6.45, 7) is 0. The molecule has 0 fully saturated rings. The van der Waals surface area contributed by atoms with Gasteiger partial charge in [-0.15, -0.1) is 0 Å². The Hall–Kier alpha value is -1.98. The van der Waals surface area contributed by atoms with Crippen LogP contribution in [0, 0.1) is 0 Å². The van der Waals surface area contributed by atoms with Crippen LogP contribution in [0.3, 0.4) is 0 Å². The lowest BCUT2D eigenvalue weighted by Gasteiger charge is -2.30. The number of halogens is 8. The fraction of sp³-hybridized carbons (Fsp3) is 0.333. The number of alkyl halides is 8. The number of rotatable bonds is 5. The number of aromatic nitrogens is 1. The summed E-state index contributed by atoms with van der Waals surface area (Å²) in [7, 11) is 0. The van der Waals surface area contributed by atoms with Crippen molar-refractivity contribution in [1.29, 1.82) is 0 Å². The third-order valence-corrected chi connectivity index (χ3v) is 3.84. The van der Waals surface area contributed by atoms with Crippen LogP contribution in [0.15, 0.2) is 24.3 Å². The normalized spacial score (nSPS) is 13.5. The molecule has 24 heavy (non-hydrogen) atoms. The maximum absolute atomic E-state index is 13.4. The van der Waals surface area contributed by atoms with Crippen molar-refractivity contribution in [2.45, 2.75) is 24.2 Å². The molecule has 1 aromatic heterocycles. The fourth-order valence-corrected chi connectivity index (χ4v) is 2.45. The molecule has 0 bridgehead atoms. The van der Waals surface area contributed by atoms with Crippen molar-refractivity contribution >= 4 is 32.6 Å². The Morgan fingerprint density at radius 3 is 2.21 bits per heavy atom. The van der Waals surface area contributed by atoms with E-state index in [2.05, 4.69) is 4.98 Å². The second kappa shape index (κ2) is 5.83. The summed E-state index contributed by atoms with van der Waals surface area (Å²) in [6, 6.07) is 5.94. The van der Waals surface area contributed by atoms with E-state index < -0.39 is 35.2 Å². The first-order valence-corrected chi connectivity index (χ1v) is 6.81. The standard InChI is InChI=1S/C12H6F8N2OS/c13-7(14)10(15,16)12(19,20)11(17,18)8(23)22-9-21-5-3-1-2-4-6(5)24-9/h1-4,7H,(H,21,22,23). The molecule has 1 amide bonds. The summed E-state index contributed by atoms with van der Waals surface area (Å²) in [5.74, 6) is -22.0. The highest BCUT2D eigenvalue weighted by molar-refractivity contribution is 7.22. The van der Waals surface area contributed by atoms with Crippen LogP contribution in [0.1, 0.15) is 0 Å². The van der Waals surface area contributed by atoms with Crippen molar-refractivity contribution in [3.63, 3.8) is 0 Å². The van der Waals surface area contributed by atoms with Gasteiger partial charge < -0.3 is 0 Å². The molecule has 0 unspecified atom stereocenters. The predicted molar refractivity (Wildman–Crippen MR) is 69.1 cm³/mol. The zero-order valence-corrected chi connectivity index (χ0v) is 12.0. The second-order valence-corrected chi connectivity index (χ2v) is 5.54. The van der Waals surface area contributed by atoms with Crippen molar-refractivity contribution in [3.8, 4) is 0 Å². The largest absolute Gasteiger partial charge is 0.393 e. The molecule has 3 nitrogen and oxygen atoms in total. The average molecular weight is 378 g/mol. The summed E-state index contributed by atoms with van der Waals surface area (Å²) in [5.41, 5.74) is 0.228. The van der Waals surface area contributed by atoms with Gasteiger partial charge in [0.15, 0.2) is 5.13 Å². The lowest BCUT2D eigenvalue weighted by molar-refractivity contribution is -0.326. The molecule has 132 valence electrons. The maximum atomic E-state index is 13.4. The summed E-state index contributed by atoms with van der Waals surface area (Å²) in [6.07, 6.45) is -5.09. The topological polar surface area (TPSA) is 42.0 Å². The third kappa shape index (κ3) is 2.78. The van der Waals surface area contributed by atoms with Gasteiger partial charge in [0.2, 0.25) is 0 Å². The van der Waals surface area contributed by atoms with Crippen molar-refractivity contribution in [2.75, 3.05) is 5.32 Å². The van der Waals surface area contributed by atoms with Crippen LogP contribution < -0.4 is 5.32 Å². The number of thiazole rings is 1. The van der Waals surface area contributed by atoms with E-state index >= 15 is 0 Å². The van der Waals surface area contributed by atoms with E-state index in [0.717, 1.165) is 0 Å². The van der Waals surface area contributed by atoms with Gasteiger partial charge in [-0.25, -0.2) is 13.8 Å². The number of carbonyl (C=O) groups is 1. The molecule has 1 heterocycles. The first kappa shape index (κ1) is 18.4. The summed E-state index contributed by atoms with van der Waals surface area (Å²) in [5, 5.41) is 0.677. The van der Waals surface area contributed by atoms with Crippen LogP contribution >= 0.6 is 11.3 Å². The minimum atomic E-state index is -6.60. The number of carbonyl (C=O) groups excluding carboxylic acids is 1. The van der Waals surface area contributed by atoms with Gasteiger partial charge in [0.25, 0.3) is 0 Å². The summed E-state index contributed by atoms with van der Waals surface area (Å²) >= 11 is 0.609. The number of anilines is 1. The molecule has 2 aromatic rings. The molecular formula is C12H6F8N2OS. The summed E-state index contributed by atoms with van der Waals surface area (Å²) < 4.78 is 103. The molecule has 0 atom stereocenters. The maximum Gasteiger partial charge on any atom is 0.393 e. The van der Waals surface area contributed by atoms with Gasteiger partial charge in [-0.05, 0) is 12.1 Å². The molecule has 0 spiro atoms. The molecule has 0 aliphatic carbocycles. The van der Waals surface area contributed by atoms with Crippen LogP contribution in [-0.2, 0) is 4.79 Å². The van der Waals surface area contributed by atoms with Crippen LogP contribution in [0.5, 0.6) is 0 Å². The molecule has 0 saturated carbocycles. The van der Waals surface area contributed by atoms with E-state index in [9.17, 15) is 39.9 Å². The average Bonchev–Trinajstić information content (AvgIpc) is 2.88. The van der Waals surface area contributed by atoms with Crippen molar-refractivity contribution in [3.05, 3.63) is 24.3 Å². The summed E-state index contributed by atoms with van der Waals surface area (Å²) in [4.78, 5) is 14.9. The van der Waals surface area contributed by atoms with E-state index in [1.54, 1.807) is 0 Å². The predicted octanol–water partition coefficient (Wildman–Crippen LogP) is 4.41. The van der Waals surface area contributed by atoms with Crippen LogP contribution in [-0.4, -0.2) is 35.1 Å². The number of para-hydroxylation sites is 1. The number of nitrogens with zero attached hydrogens (tertiary/aromatic N) is 1. The Labute approximate surface area is 132 Å². The SMILES string of the molecule is O=C(Nc1nc2ccccc2s1)C(F)(F)C(F)(F)C(F)(F)C(F)F. The first-order chi connectivity index (χ1) is 10.9. The van der Waals surface area contributed by atoms with E-state index in [1.165, 1.54) is 29.6 Å². The fourth-order valence-electron chi connectivity index (χ4n) is 1.59. The van der Waals surface area contributed by atoms with Crippen molar-refractivity contribution in [1.82, 2.24) is 4.98 Å². The molecule has 2 rings (SSSR count). The van der Waals surface area contributed by atoms with E-state index in [0.29, 0.717) is 16.0 Å². The third-order valence-electron chi connectivity index (χ3n) is 2.89. The van der Waals surface area contributed by atoms with Gasteiger partial charge in [-0.2, -0.15) is 26.3 Å². The van der Waals surface area contributed by atoms with Gasteiger partial charge in [0.05, 0.1) is 10.2 Å². The quantitative estimate of drug-likeness (QED) is 0.784. The number of hydrogen-bond donors (Lipinski definition) is 1. The Kier molecular flexibility index (Phi) is 4.46. The number of nitrogens with one attached hydrogen (secondary N) is 1. The molecule has 0 radical (unpaired) electrons. The Morgan fingerprint density at radius 1 is 1.08 bits per heavy atom. The number of hydrogen-bond acceptors (Lipinski definition) is 3. The highest BCUT2D eigenvalue weighted by Gasteiger charge is 2.78. The number of benzene rings is 1. The van der Waals surface area contributed by atoms with Crippen molar-refractivity contribution in [2.24, 2.45) is 0 Å². The van der Waals surface area contributed by atoms with Crippen molar-refractivity contribution < 1.29 is 39.9 Å². The number of fused-ring (bicyclic) bond motifs is 1. The lowest BCUT2D eigenvalue weighted by Crippen LogP contribution is -2.61. The molecule has 0 saturated heterocycles. The highest BCUT2D eigenvalue weighted by atomic mass is 32.1. The van der Waals surface area contributed by atoms with E-state index in [-0.39, 0.29) is 5.52 Å². The van der Waals surface area contributed by atoms with Crippen LogP contribution in [0.4, 0.5) is 40.3 Å². The monoisotopic (exact) mass is 378 g/mol. The molecule has 0 aliphatic heterocycles. The lowest BCUT2D eigenvalue weighted by atomic mass is 10.0. The Balaban J connectivity index is 2.29. The Bertz CT molecular complexity index is 727. The minimum absolute atomic E-state index is 0.228. The zero-order valence-electron chi connectivity index (χ0n) is 11.2. The van der Waals surface area contributed by atoms with Gasteiger partial charge in [0, 0.05) is 0 Å². The smallest absolute Gasteiger partial charge is 0.296 e.